The molecule has 5 nitrogen and oxygen atoms in total. The highest BCUT2D eigenvalue weighted by atomic mass is 31.1. The van der Waals surface area contributed by atoms with Gasteiger partial charge in [0.2, 0.25) is 0 Å². The monoisotopic (exact) mass is 208 g/mol. The van der Waals surface area contributed by atoms with Crippen molar-refractivity contribution in [3.05, 3.63) is 12.7 Å². The summed E-state index contributed by atoms with van der Waals surface area (Å²) in [7, 11) is -0.513. The van der Waals surface area contributed by atoms with Crippen molar-refractivity contribution in [2.45, 2.75) is 0 Å². The second-order valence-electron chi connectivity index (χ2n) is 1.92. The molecule has 0 aliphatic rings. The fourth-order valence-corrected chi connectivity index (χ4v) is 0.683. The first-order chi connectivity index (χ1) is 6.31. The maximum Gasteiger partial charge on any atom is 0.330 e. The zero-order valence-electron chi connectivity index (χ0n) is 7.19. The Balaban J connectivity index is 2.99. The molecule has 0 radical (unpaired) electrons. The lowest BCUT2D eigenvalue weighted by molar-refractivity contribution is -0.139. The summed E-state index contributed by atoms with van der Waals surface area (Å²) < 4.78 is 14.2. The Morgan fingerprint density at radius 1 is 1.38 bits per heavy atom. The highest BCUT2D eigenvalue weighted by Crippen LogP contribution is 2.01. The summed E-state index contributed by atoms with van der Waals surface area (Å²) in [5.41, 5.74) is 0. The Kier molecular flexibility index (Phi) is 9.25. The first kappa shape index (κ1) is 12.5. The van der Waals surface area contributed by atoms with Gasteiger partial charge in [-0.25, -0.2) is 4.79 Å². The molecule has 0 aromatic rings. The Labute approximate surface area is 78.6 Å². The molecule has 0 spiro atoms. The van der Waals surface area contributed by atoms with Crippen LogP contribution in [0, 0.1) is 0 Å². The number of ether oxygens (including phenoxy) is 2. The van der Waals surface area contributed by atoms with Crippen LogP contribution in [-0.4, -0.2) is 37.3 Å². The Morgan fingerprint density at radius 2 is 2.08 bits per heavy atom. The van der Waals surface area contributed by atoms with Crippen molar-refractivity contribution in [2.24, 2.45) is 0 Å². The van der Waals surface area contributed by atoms with Gasteiger partial charge in [-0.3, -0.25) is 0 Å². The molecule has 0 aromatic heterocycles. The second kappa shape index (κ2) is 9.61. The van der Waals surface area contributed by atoms with Crippen molar-refractivity contribution >= 4 is 15.0 Å². The van der Waals surface area contributed by atoms with E-state index in [4.69, 9.17) is 9.63 Å². The molecule has 0 amide bonds. The lowest BCUT2D eigenvalue weighted by atomic mass is 10.6. The Morgan fingerprint density at radius 3 is 2.69 bits per heavy atom. The van der Waals surface area contributed by atoms with E-state index >= 15 is 0 Å². The van der Waals surface area contributed by atoms with Gasteiger partial charge in [0.15, 0.2) is 9.03 Å². The summed E-state index contributed by atoms with van der Waals surface area (Å²) in [6, 6.07) is 0. The van der Waals surface area contributed by atoms with Crippen molar-refractivity contribution in [3.8, 4) is 0 Å². The van der Waals surface area contributed by atoms with Gasteiger partial charge in [-0.15, -0.1) is 0 Å². The van der Waals surface area contributed by atoms with Gasteiger partial charge in [0.05, 0.1) is 19.8 Å². The van der Waals surface area contributed by atoms with E-state index in [1.807, 2.05) is 0 Å². The van der Waals surface area contributed by atoms with Crippen molar-refractivity contribution in [3.63, 3.8) is 0 Å². The number of esters is 1. The van der Waals surface area contributed by atoms with Gasteiger partial charge >= 0.3 is 5.97 Å². The smallest absolute Gasteiger partial charge is 0.330 e. The van der Waals surface area contributed by atoms with Gasteiger partial charge < -0.3 is 18.9 Å². The van der Waals surface area contributed by atoms with Crippen LogP contribution >= 0.6 is 9.03 Å². The van der Waals surface area contributed by atoms with Gasteiger partial charge in [-0.05, 0) is 0 Å². The molecule has 76 valence electrons. The summed E-state index contributed by atoms with van der Waals surface area (Å²) in [6.07, 6.45) is 1.09. The van der Waals surface area contributed by atoms with Crippen LogP contribution in [0.15, 0.2) is 12.7 Å². The van der Waals surface area contributed by atoms with Crippen LogP contribution in [-0.2, 0) is 18.8 Å². The van der Waals surface area contributed by atoms with Crippen molar-refractivity contribution < 1.29 is 23.7 Å². The maximum absolute atomic E-state index is 10.5. The molecular weight excluding hydrogens is 195 g/mol. The summed E-state index contributed by atoms with van der Waals surface area (Å²) in [5.74, 6) is -0.461. The Hall–Kier alpha value is -0.480. The topological polar surface area (TPSA) is 65.0 Å². The number of carbonyl (C=O) groups excluding carboxylic acids is 1. The summed E-state index contributed by atoms with van der Waals surface area (Å²) in [4.78, 5) is 18.7. The molecule has 0 saturated carbocycles. The Bertz CT molecular complexity index is 150. The molecule has 0 fully saturated rings. The standard InChI is InChI=1S/C7H13O5P/c1-2-7(8)11-5-3-10-4-6-12-13-9/h2,9,13H,1,3-6H2. The molecule has 0 aliphatic heterocycles. The molecule has 0 heterocycles. The van der Waals surface area contributed by atoms with Crippen LogP contribution in [0.3, 0.4) is 0 Å². The minimum Gasteiger partial charge on any atom is -0.460 e. The van der Waals surface area contributed by atoms with Gasteiger partial charge in [0.25, 0.3) is 0 Å². The molecule has 0 bridgehead atoms. The largest absolute Gasteiger partial charge is 0.460 e. The molecule has 1 atom stereocenters. The fourth-order valence-electron chi connectivity index (χ4n) is 0.508. The summed E-state index contributed by atoms with van der Waals surface area (Å²) in [6.45, 7) is 4.47. The molecule has 6 heteroatoms. The zero-order valence-corrected chi connectivity index (χ0v) is 8.19. The van der Waals surface area contributed by atoms with Gasteiger partial charge in [-0.2, -0.15) is 0 Å². The van der Waals surface area contributed by atoms with E-state index in [2.05, 4.69) is 15.8 Å². The first-order valence-corrected chi connectivity index (χ1v) is 4.54. The third-order valence-electron chi connectivity index (χ3n) is 1.03. The normalized spacial score (nSPS) is 10.5. The van der Waals surface area contributed by atoms with Crippen molar-refractivity contribution in [2.75, 3.05) is 26.4 Å². The summed E-state index contributed by atoms with van der Waals surface area (Å²) in [5, 5.41) is 0. The van der Waals surface area contributed by atoms with Gasteiger partial charge in [0, 0.05) is 6.08 Å². The van der Waals surface area contributed by atoms with Crippen LogP contribution < -0.4 is 0 Å². The van der Waals surface area contributed by atoms with E-state index < -0.39 is 15.0 Å². The van der Waals surface area contributed by atoms with E-state index in [0.29, 0.717) is 19.8 Å². The quantitative estimate of drug-likeness (QED) is 0.268. The average molecular weight is 208 g/mol. The number of rotatable bonds is 8. The molecule has 0 saturated heterocycles. The SMILES string of the molecule is C=CC(=O)OCCOCCOPO. The average Bonchev–Trinajstić information content (AvgIpc) is 2.16. The lowest BCUT2D eigenvalue weighted by Gasteiger charge is -2.03. The van der Waals surface area contributed by atoms with Gasteiger partial charge in [0.1, 0.15) is 6.61 Å². The van der Waals surface area contributed by atoms with E-state index in [0.717, 1.165) is 6.08 Å². The van der Waals surface area contributed by atoms with E-state index in [-0.39, 0.29) is 6.61 Å². The first-order valence-electron chi connectivity index (χ1n) is 3.69. The van der Waals surface area contributed by atoms with Crippen LogP contribution in [0.25, 0.3) is 0 Å². The summed E-state index contributed by atoms with van der Waals surface area (Å²) >= 11 is 0. The maximum atomic E-state index is 10.5. The second-order valence-corrected chi connectivity index (χ2v) is 2.39. The van der Waals surface area contributed by atoms with Crippen LogP contribution in [0.1, 0.15) is 0 Å². The number of hydrogen-bond acceptors (Lipinski definition) is 5. The fraction of sp³-hybridized carbons (Fsp3) is 0.571. The molecule has 0 rings (SSSR count). The minimum atomic E-state index is -0.513. The third-order valence-corrected chi connectivity index (χ3v) is 1.37. The van der Waals surface area contributed by atoms with Crippen LogP contribution in [0.2, 0.25) is 0 Å². The predicted octanol–water partition coefficient (Wildman–Crippen LogP) is 0.250. The van der Waals surface area contributed by atoms with Crippen molar-refractivity contribution in [1.29, 1.82) is 0 Å². The third kappa shape index (κ3) is 9.43. The minimum absolute atomic E-state index is 0.201. The highest BCUT2D eigenvalue weighted by Gasteiger charge is 1.94. The molecule has 0 aromatic carbocycles. The predicted molar refractivity (Wildman–Crippen MR) is 48.5 cm³/mol. The van der Waals surface area contributed by atoms with Crippen LogP contribution in [0.5, 0.6) is 0 Å². The molecule has 0 aliphatic carbocycles. The lowest BCUT2D eigenvalue weighted by Crippen LogP contribution is -2.10. The molecule has 13 heavy (non-hydrogen) atoms. The van der Waals surface area contributed by atoms with E-state index in [9.17, 15) is 4.79 Å². The zero-order chi connectivity index (χ0) is 9.94. The van der Waals surface area contributed by atoms with Gasteiger partial charge in [-0.1, -0.05) is 6.58 Å². The highest BCUT2D eigenvalue weighted by molar-refractivity contribution is 7.24. The van der Waals surface area contributed by atoms with E-state index in [1.165, 1.54) is 0 Å². The van der Waals surface area contributed by atoms with E-state index in [1.54, 1.807) is 0 Å². The number of hydrogen-bond donors (Lipinski definition) is 1. The molecular formula is C7H13O5P. The molecule has 1 unspecified atom stereocenters. The van der Waals surface area contributed by atoms with Crippen LogP contribution in [0.4, 0.5) is 0 Å². The molecule has 1 N–H and O–H groups in total. The number of carbonyl (C=O) groups is 1. The van der Waals surface area contributed by atoms with Crippen molar-refractivity contribution in [1.82, 2.24) is 0 Å².